The Kier molecular flexibility index (Phi) is 5.48. The van der Waals surface area contributed by atoms with Gasteiger partial charge in [-0.1, -0.05) is 35.9 Å². The van der Waals surface area contributed by atoms with Crippen LogP contribution in [0.25, 0.3) is 10.9 Å². The highest BCUT2D eigenvalue weighted by Gasteiger charge is 2.36. The molecule has 4 aromatic rings. The molecule has 0 fully saturated rings. The molecule has 5 rings (SSSR count). The van der Waals surface area contributed by atoms with E-state index >= 15 is 0 Å². The van der Waals surface area contributed by atoms with Crippen molar-refractivity contribution in [2.75, 3.05) is 14.2 Å². The molecule has 166 valence electrons. The van der Waals surface area contributed by atoms with E-state index in [-0.39, 0.29) is 16.8 Å². The molecule has 1 atom stereocenters. The molecule has 0 bridgehead atoms. The van der Waals surface area contributed by atoms with Crippen molar-refractivity contribution in [3.05, 3.63) is 89.0 Å². The Morgan fingerprint density at radius 2 is 1.94 bits per heavy atom. The van der Waals surface area contributed by atoms with Crippen LogP contribution in [0.3, 0.4) is 0 Å². The van der Waals surface area contributed by atoms with E-state index in [1.807, 2.05) is 48.5 Å². The van der Waals surface area contributed by atoms with Crippen molar-refractivity contribution in [3.63, 3.8) is 0 Å². The number of hydrogen-bond acceptors (Lipinski definition) is 6. The van der Waals surface area contributed by atoms with Crippen molar-refractivity contribution in [1.29, 1.82) is 0 Å². The second-order valence-electron chi connectivity index (χ2n) is 7.53. The summed E-state index contributed by atoms with van der Waals surface area (Å²) < 4.78 is 16.1. The number of ether oxygens (including phenoxy) is 2. The zero-order valence-corrected chi connectivity index (χ0v) is 18.7. The third kappa shape index (κ3) is 3.81. The highest BCUT2D eigenvalue weighted by Crippen LogP contribution is 2.39. The Balaban J connectivity index is 1.61. The molecule has 3 heterocycles. The molecule has 8 heteroatoms. The average Bonchev–Trinajstić information content (AvgIpc) is 3.54. The lowest BCUT2D eigenvalue weighted by Crippen LogP contribution is -2.27. The lowest BCUT2D eigenvalue weighted by atomic mass is 9.98. The van der Waals surface area contributed by atoms with Crippen LogP contribution >= 0.6 is 11.6 Å². The fraction of sp³-hybridized carbons (Fsp3) is 0.160. The molecule has 1 amide bonds. The SMILES string of the molecule is COc1cccc(C2=NN(C(=O)c3ccco3)[C@H](c3cc4cccc(OC)c4nc3Cl)C2)c1. The zero-order chi connectivity index (χ0) is 22.9. The van der Waals surface area contributed by atoms with Gasteiger partial charge in [0.2, 0.25) is 0 Å². The Labute approximate surface area is 195 Å². The molecule has 7 nitrogen and oxygen atoms in total. The topological polar surface area (TPSA) is 77.2 Å². The number of halogens is 1. The number of carbonyl (C=O) groups excluding carboxylic acids is 1. The van der Waals surface area contributed by atoms with Crippen molar-refractivity contribution < 1.29 is 18.7 Å². The van der Waals surface area contributed by atoms with Crippen LogP contribution in [0, 0.1) is 0 Å². The largest absolute Gasteiger partial charge is 0.497 e. The molecule has 0 unspecified atom stereocenters. The summed E-state index contributed by atoms with van der Waals surface area (Å²) in [5.74, 6) is 1.18. The molecule has 0 radical (unpaired) electrons. The predicted molar refractivity (Wildman–Crippen MR) is 125 cm³/mol. The normalized spacial score (nSPS) is 15.5. The van der Waals surface area contributed by atoms with E-state index in [1.54, 1.807) is 26.4 Å². The molecule has 0 saturated heterocycles. The van der Waals surface area contributed by atoms with E-state index in [2.05, 4.69) is 10.1 Å². The maximum atomic E-state index is 13.3. The van der Waals surface area contributed by atoms with Gasteiger partial charge in [0, 0.05) is 22.9 Å². The minimum atomic E-state index is -0.459. The summed E-state index contributed by atoms with van der Waals surface area (Å²) in [4.78, 5) is 17.9. The van der Waals surface area contributed by atoms with Gasteiger partial charge in [-0.05, 0) is 36.4 Å². The fourth-order valence-corrected chi connectivity index (χ4v) is 4.26. The maximum absolute atomic E-state index is 13.3. The Hall–Kier alpha value is -3.84. The number of pyridine rings is 1. The molecule has 2 aromatic carbocycles. The molecule has 0 saturated carbocycles. The standard InChI is InChI=1S/C25H20ClN3O4/c1-31-17-8-3-6-15(12-17)19-14-20(29(28-19)25(30)22-10-5-11-33-22)18-13-16-7-4-9-21(32-2)23(16)27-24(18)26/h3-13,20H,14H2,1-2H3/t20-/m0/s1. The predicted octanol–water partition coefficient (Wildman–Crippen LogP) is 5.49. The third-order valence-electron chi connectivity index (χ3n) is 5.62. The summed E-state index contributed by atoms with van der Waals surface area (Å²) in [5.41, 5.74) is 2.95. The van der Waals surface area contributed by atoms with E-state index in [1.165, 1.54) is 11.3 Å². The van der Waals surface area contributed by atoms with Gasteiger partial charge in [0.15, 0.2) is 5.76 Å². The summed E-state index contributed by atoms with van der Waals surface area (Å²) in [7, 11) is 3.20. The van der Waals surface area contributed by atoms with Gasteiger partial charge in [-0.25, -0.2) is 9.99 Å². The highest BCUT2D eigenvalue weighted by atomic mass is 35.5. The number of rotatable bonds is 5. The molecule has 0 aliphatic carbocycles. The lowest BCUT2D eigenvalue weighted by Gasteiger charge is -2.22. The molecule has 0 N–H and O–H groups in total. The van der Waals surface area contributed by atoms with Crippen molar-refractivity contribution in [3.8, 4) is 11.5 Å². The van der Waals surface area contributed by atoms with Crippen LogP contribution in [-0.4, -0.2) is 35.8 Å². The number of fused-ring (bicyclic) bond motifs is 1. The summed E-state index contributed by atoms with van der Waals surface area (Å²) in [6.07, 6.45) is 1.92. The van der Waals surface area contributed by atoms with Crippen LogP contribution < -0.4 is 9.47 Å². The number of amides is 1. The average molecular weight is 462 g/mol. The van der Waals surface area contributed by atoms with E-state index in [9.17, 15) is 4.79 Å². The van der Waals surface area contributed by atoms with Gasteiger partial charge in [0.25, 0.3) is 0 Å². The number of furan rings is 1. The van der Waals surface area contributed by atoms with Gasteiger partial charge in [-0.2, -0.15) is 5.10 Å². The van der Waals surface area contributed by atoms with Crippen LogP contribution in [0.15, 0.2) is 76.4 Å². The summed E-state index contributed by atoms with van der Waals surface area (Å²) >= 11 is 6.65. The van der Waals surface area contributed by atoms with Gasteiger partial charge in [-0.15, -0.1) is 0 Å². The number of para-hydroxylation sites is 1. The van der Waals surface area contributed by atoms with Gasteiger partial charge in [0.1, 0.15) is 22.2 Å². The minimum Gasteiger partial charge on any atom is -0.497 e. The summed E-state index contributed by atoms with van der Waals surface area (Å²) in [5, 5.41) is 7.24. The summed E-state index contributed by atoms with van der Waals surface area (Å²) in [6, 6.07) is 18.0. The number of aromatic nitrogens is 1. The quantitative estimate of drug-likeness (QED) is 0.367. The third-order valence-corrected chi connectivity index (χ3v) is 5.92. The molecular formula is C25H20ClN3O4. The lowest BCUT2D eigenvalue weighted by molar-refractivity contribution is 0.0678. The second kappa shape index (κ2) is 8.60. The Morgan fingerprint density at radius 1 is 1.09 bits per heavy atom. The van der Waals surface area contributed by atoms with Crippen molar-refractivity contribution in [2.24, 2.45) is 5.10 Å². The first-order valence-corrected chi connectivity index (χ1v) is 10.7. The van der Waals surface area contributed by atoms with Gasteiger partial charge < -0.3 is 13.9 Å². The number of carbonyl (C=O) groups is 1. The fourth-order valence-electron chi connectivity index (χ4n) is 3.99. The number of hydrogen-bond donors (Lipinski definition) is 0. The number of benzene rings is 2. The van der Waals surface area contributed by atoms with Crippen molar-refractivity contribution in [2.45, 2.75) is 12.5 Å². The van der Waals surface area contributed by atoms with Gasteiger partial charge in [-0.3, -0.25) is 4.79 Å². The Morgan fingerprint density at radius 3 is 2.70 bits per heavy atom. The first-order valence-electron chi connectivity index (χ1n) is 10.3. The number of hydrazone groups is 1. The number of nitrogens with zero attached hydrogens (tertiary/aromatic N) is 3. The molecular weight excluding hydrogens is 442 g/mol. The van der Waals surface area contributed by atoms with E-state index in [0.29, 0.717) is 29.0 Å². The van der Waals surface area contributed by atoms with E-state index < -0.39 is 6.04 Å². The van der Waals surface area contributed by atoms with Crippen LogP contribution in [0.1, 0.15) is 34.1 Å². The smallest absolute Gasteiger partial charge is 0.310 e. The monoisotopic (exact) mass is 461 g/mol. The van der Waals surface area contributed by atoms with Crippen LogP contribution in [0.5, 0.6) is 11.5 Å². The number of methoxy groups -OCH3 is 2. The van der Waals surface area contributed by atoms with Crippen molar-refractivity contribution >= 4 is 34.1 Å². The highest BCUT2D eigenvalue weighted by molar-refractivity contribution is 6.30. The maximum Gasteiger partial charge on any atom is 0.310 e. The van der Waals surface area contributed by atoms with Crippen LogP contribution in [0.4, 0.5) is 0 Å². The Bertz CT molecular complexity index is 1370. The zero-order valence-electron chi connectivity index (χ0n) is 18.0. The van der Waals surface area contributed by atoms with Crippen molar-refractivity contribution in [1.82, 2.24) is 9.99 Å². The van der Waals surface area contributed by atoms with E-state index in [0.717, 1.165) is 16.7 Å². The first-order chi connectivity index (χ1) is 16.1. The molecule has 2 aromatic heterocycles. The molecule has 33 heavy (non-hydrogen) atoms. The first kappa shape index (κ1) is 21.0. The summed E-state index contributed by atoms with van der Waals surface area (Å²) in [6.45, 7) is 0. The van der Waals surface area contributed by atoms with Gasteiger partial charge in [0.05, 0.1) is 32.2 Å². The second-order valence-corrected chi connectivity index (χ2v) is 7.88. The van der Waals surface area contributed by atoms with Crippen LogP contribution in [-0.2, 0) is 0 Å². The van der Waals surface area contributed by atoms with Crippen LogP contribution in [0.2, 0.25) is 5.15 Å². The molecule has 1 aliphatic heterocycles. The molecule has 0 spiro atoms. The van der Waals surface area contributed by atoms with Gasteiger partial charge >= 0.3 is 5.91 Å². The van der Waals surface area contributed by atoms with E-state index in [4.69, 9.17) is 25.5 Å². The minimum absolute atomic E-state index is 0.196. The molecule has 1 aliphatic rings.